The molecule has 1 aromatic heterocycles. The number of guanidine groups is 1. The lowest BCUT2D eigenvalue weighted by Gasteiger charge is -2.20. The summed E-state index contributed by atoms with van der Waals surface area (Å²) in [6.45, 7) is 10.8. The fourth-order valence-corrected chi connectivity index (χ4v) is 2.80. The quantitative estimate of drug-likeness (QED) is 0.342. The second-order valence-corrected chi connectivity index (χ2v) is 7.42. The number of aryl methyl sites for hydroxylation is 1. The molecular weight excluding hydrogens is 443 g/mol. The van der Waals surface area contributed by atoms with Crippen molar-refractivity contribution in [3.63, 3.8) is 0 Å². The molecule has 0 aliphatic carbocycles. The molecule has 0 spiro atoms. The van der Waals surface area contributed by atoms with E-state index in [-0.39, 0.29) is 30.1 Å². The summed E-state index contributed by atoms with van der Waals surface area (Å²) in [7, 11) is 1.97. The average molecular weight is 478 g/mol. The van der Waals surface area contributed by atoms with Crippen LogP contribution in [0.25, 0.3) is 0 Å². The highest BCUT2D eigenvalue weighted by atomic mass is 127. The Hall–Kier alpha value is -0.900. The van der Waals surface area contributed by atoms with Crippen molar-refractivity contribution in [3.8, 4) is 0 Å². The summed E-state index contributed by atoms with van der Waals surface area (Å²) < 4.78 is 7.68. The molecule has 0 aromatic carbocycles. The highest BCUT2D eigenvalue weighted by Gasteiger charge is 2.16. The normalized spacial score (nSPS) is 18.7. The summed E-state index contributed by atoms with van der Waals surface area (Å²) in [6, 6.07) is 0.374. The first-order chi connectivity index (χ1) is 12.0. The van der Waals surface area contributed by atoms with Gasteiger partial charge in [-0.1, -0.05) is 13.8 Å². The molecule has 8 heteroatoms. The maximum absolute atomic E-state index is 5.70. The lowest BCUT2D eigenvalue weighted by molar-refractivity contribution is 0.113. The number of ether oxygens (including phenoxy) is 1. The van der Waals surface area contributed by atoms with Gasteiger partial charge in [0.25, 0.3) is 0 Å². The van der Waals surface area contributed by atoms with E-state index < -0.39 is 0 Å². The molecule has 1 aliphatic heterocycles. The van der Waals surface area contributed by atoms with Crippen LogP contribution in [0.4, 0.5) is 0 Å². The highest BCUT2D eigenvalue weighted by Crippen LogP contribution is 2.11. The summed E-state index contributed by atoms with van der Waals surface area (Å²) in [5, 5.41) is 15.2. The third-order valence-corrected chi connectivity index (χ3v) is 4.64. The summed E-state index contributed by atoms with van der Waals surface area (Å²) in [5.41, 5.74) is 0. The maximum atomic E-state index is 5.70. The van der Waals surface area contributed by atoms with E-state index in [1.807, 2.05) is 18.5 Å². The van der Waals surface area contributed by atoms with Crippen molar-refractivity contribution in [1.29, 1.82) is 0 Å². The van der Waals surface area contributed by atoms with Crippen LogP contribution >= 0.6 is 24.0 Å². The smallest absolute Gasteiger partial charge is 0.192 e. The molecule has 2 atom stereocenters. The van der Waals surface area contributed by atoms with Crippen LogP contribution in [0.15, 0.2) is 4.99 Å². The first-order valence-electron chi connectivity index (χ1n) is 9.47. The van der Waals surface area contributed by atoms with Crippen molar-refractivity contribution < 1.29 is 4.74 Å². The van der Waals surface area contributed by atoms with E-state index in [1.165, 1.54) is 6.42 Å². The number of halogens is 1. The van der Waals surface area contributed by atoms with Crippen molar-refractivity contribution in [2.24, 2.45) is 18.0 Å². The highest BCUT2D eigenvalue weighted by molar-refractivity contribution is 14.0. The van der Waals surface area contributed by atoms with Crippen LogP contribution in [0.1, 0.15) is 58.1 Å². The van der Waals surface area contributed by atoms with Gasteiger partial charge in [-0.3, -0.25) is 0 Å². The minimum atomic E-state index is 0. The minimum Gasteiger partial charge on any atom is -0.376 e. The summed E-state index contributed by atoms with van der Waals surface area (Å²) in [5.74, 6) is 3.31. The number of rotatable bonds is 8. The van der Waals surface area contributed by atoms with Gasteiger partial charge < -0.3 is 19.9 Å². The molecule has 1 fully saturated rings. The van der Waals surface area contributed by atoms with Crippen LogP contribution in [0.3, 0.4) is 0 Å². The lowest BCUT2D eigenvalue weighted by atomic mass is 10.0. The summed E-state index contributed by atoms with van der Waals surface area (Å²) >= 11 is 0. The minimum absolute atomic E-state index is 0. The van der Waals surface area contributed by atoms with Gasteiger partial charge in [-0.2, -0.15) is 0 Å². The Balaban J connectivity index is 0.00000338. The Kier molecular flexibility index (Phi) is 10.4. The zero-order valence-corrected chi connectivity index (χ0v) is 19.1. The zero-order chi connectivity index (χ0) is 18.2. The molecule has 2 N–H and O–H groups in total. The Labute approximate surface area is 174 Å². The Bertz CT molecular complexity index is 554. The van der Waals surface area contributed by atoms with E-state index >= 15 is 0 Å². The van der Waals surface area contributed by atoms with Gasteiger partial charge in [0.2, 0.25) is 0 Å². The van der Waals surface area contributed by atoms with Crippen LogP contribution in [0, 0.1) is 12.8 Å². The average Bonchev–Trinajstić information content (AvgIpc) is 3.20. The third kappa shape index (κ3) is 7.77. The molecule has 2 unspecified atom stereocenters. The Morgan fingerprint density at radius 3 is 2.65 bits per heavy atom. The largest absolute Gasteiger partial charge is 0.376 e. The number of aromatic nitrogens is 3. The summed E-state index contributed by atoms with van der Waals surface area (Å²) in [6.07, 6.45) is 4.88. The number of nitrogens with one attached hydrogen (secondary N) is 2. The molecule has 0 radical (unpaired) electrons. The monoisotopic (exact) mass is 478 g/mol. The van der Waals surface area contributed by atoms with Gasteiger partial charge in [0.05, 0.1) is 6.10 Å². The van der Waals surface area contributed by atoms with Gasteiger partial charge >= 0.3 is 0 Å². The number of aliphatic imine (C=N–C) groups is 1. The van der Waals surface area contributed by atoms with E-state index in [0.717, 1.165) is 50.0 Å². The molecule has 2 heterocycles. The van der Waals surface area contributed by atoms with Crippen LogP contribution in [0.5, 0.6) is 0 Å². The van der Waals surface area contributed by atoms with E-state index in [2.05, 4.69) is 41.6 Å². The molecule has 7 nitrogen and oxygen atoms in total. The predicted molar refractivity (Wildman–Crippen MR) is 116 cm³/mol. The molecule has 1 aromatic rings. The van der Waals surface area contributed by atoms with Gasteiger partial charge in [0.15, 0.2) is 11.8 Å². The number of nitrogens with zero attached hydrogens (tertiary/aromatic N) is 4. The molecule has 150 valence electrons. The van der Waals surface area contributed by atoms with Gasteiger partial charge in [-0.05, 0) is 45.4 Å². The van der Waals surface area contributed by atoms with Gasteiger partial charge in [-0.25, -0.2) is 4.99 Å². The molecule has 0 saturated carbocycles. The van der Waals surface area contributed by atoms with E-state index in [1.54, 1.807) is 0 Å². The van der Waals surface area contributed by atoms with Crippen molar-refractivity contribution in [1.82, 2.24) is 25.4 Å². The van der Waals surface area contributed by atoms with Crippen molar-refractivity contribution in [2.75, 3.05) is 13.2 Å². The molecule has 2 rings (SSSR count). The molecule has 0 amide bonds. The van der Waals surface area contributed by atoms with Crippen LogP contribution in [-0.4, -0.2) is 46.0 Å². The number of hydrogen-bond donors (Lipinski definition) is 2. The van der Waals surface area contributed by atoms with E-state index in [9.17, 15) is 0 Å². The molecule has 1 aliphatic rings. The fourth-order valence-electron chi connectivity index (χ4n) is 2.80. The fraction of sp³-hybridized carbons (Fsp3) is 0.833. The first-order valence-corrected chi connectivity index (χ1v) is 9.47. The van der Waals surface area contributed by atoms with E-state index in [4.69, 9.17) is 9.73 Å². The van der Waals surface area contributed by atoms with Crippen molar-refractivity contribution in [2.45, 2.75) is 72.1 Å². The zero-order valence-electron chi connectivity index (χ0n) is 16.8. The van der Waals surface area contributed by atoms with Crippen LogP contribution in [-0.2, 0) is 18.3 Å². The Morgan fingerprint density at radius 1 is 1.31 bits per heavy atom. The first kappa shape index (κ1) is 23.1. The third-order valence-electron chi connectivity index (χ3n) is 4.64. The van der Waals surface area contributed by atoms with Crippen molar-refractivity contribution in [3.05, 3.63) is 11.6 Å². The second kappa shape index (κ2) is 11.7. The van der Waals surface area contributed by atoms with Crippen LogP contribution < -0.4 is 10.6 Å². The second-order valence-electron chi connectivity index (χ2n) is 7.42. The molecule has 26 heavy (non-hydrogen) atoms. The topological polar surface area (TPSA) is 76.4 Å². The standard InChI is InChI=1S/C18H34N6O.HI/c1-13(2)8-9-14(3)21-18(19-11-16-7-6-10-25-16)20-12-17-23-22-15(4)24(17)5;/h13-14,16H,6-12H2,1-5H3,(H2,19,20,21);1H. The summed E-state index contributed by atoms with van der Waals surface area (Å²) in [4.78, 5) is 4.71. The SMILES string of the molecule is Cc1nnc(CN=C(NCC2CCCO2)NC(C)CCC(C)C)n1C.I. The molecule has 0 bridgehead atoms. The Morgan fingerprint density at radius 2 is 2.08 bits per heavy atom. The van der Waals surface area contributed by atoms with Gasteiger partial charge in [0.1, 0.15) is 12.4 Å². The predicted octanol–water partition coefficient (Wildman–Crippen LogP) is 2.78. The van der Waals surface area contributed by atoms with Gasteiger partial charge in [0, 0.05) is 26.2 Å². The van der Waals surface area contributed by atoms with Crippen molar-refractivity contribution >= 4 is 29.9 Å². The van der Waals surface area contributed by atoms with Gasteiger partial charge in [-0.15, -0.1) is 34.2 Å². The van der Waals surface area contributed by atoms with E-state index in [0.29, 0.717) is 18.5 Å². The molecule has 1 saturated heterocycles. The van der Waals surface area contributed by atoms with Crippen LogP contribution in [0.2, 0.25) is 0 Å². The maximum Gasteiger partial charge on any atom is 0.192 e. The lowest BCUT2D eigenvalue weighted by Crippen LogP contribution is -2.45. The molecular formula is C18H35IN6O. The number of hydrogen-bond acceptors (Lipinski definition) is 4.